The Balaban J connectivity index is 2.46. The Kier molecular flexibility index (Phi) is 4.41. The van der Waals surface area contributed by atoms with Crippen molar-refractivity contribution >= 4 is 11.6 Å². The Morgan fingerprint density at radius 1 is 1.25 bits per heavy atom. The molecule has 1 aromatic carbocycles. The van der Waals surface area contributed by atoms with Gasteiger partial charge in [0.25, 0.3) is 0 Å². The second-order valence-corrected chi connectivity index (χ2v) is 4.96. The van der Waals surface area contributed by atoms with Crippen LogP contribution in [0.4, 0.5) is 17.6 Å². The Hall–Kier alpha value is -1.05. The summed E-state index contributed by atoms with van der Waals surface area (Å²) in [7, 11) is 0. The van der Waals surface area contributed by atoms with Crippen molar-refractivity contribution in [2.45, 2.75) is 12.2 Å². The number of phenolic OH excluding ortho intramolecular Hbond substituents is 1. The highest BCUT2D eigenvalue weighted by Gasteiger charge is 2.46. The molecule has 0 amide bonds. The van der Waals surface area contributed by atoms with Crippen LogP contribution >= 0.6 is 11.6 Å². The van der Waals surface area contributed by atoms with E-state index in [1.807, 2.05) is 0 Å². The summed E-state index contributed by atoms with van der Waals surface area (Å²) < 4.78 is 53.2. The number of nitrogens with one attached hydrogen (secondary N) is 1. The maximum absolute atomic E-state index is 13.3. The quantitative estimate of drug-likeness (QED) is 0.824. The summed E-state index contributed by atoms with van der Waals surface area (Å²) in [4.78, 5) is 1.15. The molecule has 1 atom stereocenters. The maximum atomic E-state index is 13.3. The normalized spacial score (nSPS) is 19.1. The lowest BCUT2D eigenvalue weighted by Gasteiger charge is -2.36. The predicted octanol–water partition coefficient (Wildman–Crippen LogP) is 2.69. The molecule has 0 radical (unpaired) electrons. The molecule has 0 aliphatic carbocycles. The zero-order chi connectivity index (χ0) is 14.9. The monoisotopic (exact) mass is 312 g/mol. The number of benzene rings is 1. The van der Waals surface area contributed by atoms with Crippen molar-refractivity contribution in [1.29, 1.82) is 0 Å². The Labute approximate surface area is 118 Å². The van der Waals surface area contributed by atoms with E-state index >= 15 is 0 Å². The number of alkyl halides is 3. The van der Waals surface area contributed by atoms with Crippen LogP contribution in [0.1, 0.15) is 11.6 Å². The van der Waals surface area contributed by atoms with Gasteiger partial charge in [-0.1, -0.05) is 11.6 Å². The number of hydrogen-bond acceptors (Lipinski definition) is 3. The first-order valence-corrected chi connectivity index (χ1v) is 6.38. The van der Waals surface area contributed by atoms with Gasteiger partial charge in [-0.05, 0) is 12.1 Å². The van der Waals surface area contributed by atoms with E-state index in [2.05, 4.69) is 5.32 Å². The van der Waals surface area contributed by atoms with Crippen molar-refractivity contribution in [3.8, 4) is 5.75 Å². The highest BCUT2D eigenvalue weighted by atomic mass is 35.5. The van der Waals surface area contributed by atoms with E-state index in [0.29, 0.717) is 19.2 Å². The van der Waals surface area contributed by atoms with Crippen LogP contribution in [0.15, 0.2) is 12.1 Å². The van der Waals surface area contributed by atoms with Gasteiger partial charge in [0.15, 0.2) is 0 Å². The molecule has 1 aliphatic heterocycles. The van der Waals surface area contributed by atoms with Gasteiger partial charge in [-0.3, -0.25) is 4.90 Å². The average Bonchev–Trinajstić information content (AvgIpc) is 2.35. The average molecular weight is 313 g/mol. The fraction of sp³-hybridized carbons (Fsp3) is 0.500. The summed E-state index contributed by atoms with van der Waals surface area (Å²) in [5, 5.41) is 12.3. The van der Waals surface area contributed by atoms with Crippen molar-refractivity contribution in [1.82, 2.24) is 10.2 Å². The molecule has 0 aromatic heterocycles. The number of phenols is 1. The highest BCUT2D eigenvalue weighted by Crippen LogP contribution is 2.43. The van der Waals surface area contributed by atoms with Gasteiger partial charge in [0.1, 0.15) is 17.6 Å². The van der Waals surface area contributed by atoms with Gasteiger partial charge in [-0.15, -0.1) is 0 Å². The molecule has 20 heavy (non-hydrogen) atoms. The topological polar surface area (TPSA) is 35.5 Å². The molecule has 1 fully saturated rings. The zero-order valence-electron chi connectivity index (χ0n) is 10.3. The minimum Gasteiger partial charge on any atom is -0.506 e. The van der Waals surface area contributed by atoms with Gasteiger partial charge in [-0.25, -0.2) is 4.39 Å². The third-order valence-electron chi connectivity index (χ3n) is 3.18. The summed E-state index contributed by atoms with van der Waals surface area (Å²) in [6.45, 7) is 1.10. The molecule has 0 saturated carbocycles. The van der Waals surface area contributed by atoms with Gasteiger partial charge >= 0.3 is 6.18 Å². The Morgan fingerprint density at radius 3 is 2.40 bits per heavy atom. The first kappa shape index (κ1) is 15.3. The molecule has 0 unspecified atom stereocenters. The largest absolute Gasteiger partial charge is 0.506 e. The molecule has 2 N–H and O–H groups in total. The summed E-state index contributed by atoms with van der Waals surface area (Å²) in [5.74, 6) is -1.64. The Morgan fingerprint density at radius 2 is 1.85 bits per heavy atom. The summed E-state index contributed by atoms with van der Waals surface area (Å²) >= 11 is 5.56. The van der Waals surface area contributed by atoms with E-state index in [1.54, 1.807) is 0 Å². The lowest BCUT2D eigenvalue weighted by Crippen LogP contribution is -2.49. The van der Waals surface area contributed by atoms with Crippen LogP contribution in [0.3, 0.4) is 0 Å². The fourth-order valence-electron chi connectivity index (χ4n) is 2.31. The number of hydrogen-bond donors (Lipinski definition) is 2. The molecular formula is C12H13ClF4N2O. The van der Waals surface area contributed by atoms with Crippen LogP contribution in [0.5, 0.6) is 5.75 Å². The van der Waals surface area contributed by atoms with Crippen LogP contribution < -0.4 is 5.32 Å². The first-order valence-electron chi connectivity index (χ1n) is 6.00. The van der Waals surface area contributed by atoms with E-state index in [-0.39, 0.29) is 13.1 Å². The third kappa shape index (κ3) is 3.16. The fourth-order valence-corrected chi connectivity index (χ4v) is 2.53. The van der Waals surface area contributed by atoms with Crippen molar-refractivity contribution in [2.24, 2.45) is 0 Å². The molecular weight excluding hydrogens is 300 g/mol. The SMILES string of the molecule is Oc1c(Cl)cc(F)cc1[C@H](N1CCNCC1)C(F)(F)F. The van der Waals surface area contributed by atoms with Gasteiger partial charge < -0.3 is 10.4 Å². The maximum Gasteiger partial charge on any atom is 0.408 e. The molecule has 1 aliphatic rings. The third-order valence-corrected chi connectivity index (χ3v) is 3.47. The molecule has 8 heteroatoms. The predicted molar refractivity (Wildman–Crippen MR) is 66.3 cm³/mol. The minimum absolute atomic E-state index is 0.151. The number of halogens is 5. The highest BCUT2D eigenvalue weighted by molar-refractivity contribution is 6.32. The molecule has 112 valence electrons. The van der Waals surface area contributed by atoms with E-state index in [0.717, 1.165) is 11.0 Å². The van der Waals surface area contributed by atoms with E-state index in [1.165, 1.54) is 0 Å². The van der Waals surface area contributed by atoms with Crippen LogP contribution in [0.25, 0.3) is 0 Å². The Bertz CT molecular complexity index is 489. The summed E-state index contributed by atoms with van der Waals surface area (Å²) in [6, 6.07) is -0.606. The van der Waals surface area contributed by atoms with Crippen molar-refractivity contribution in [3.63, 3.8) is 0 Å². The van der Waals surface area contributed by atoms with Crippen LogP contribution in [0, 0.1) is 5.82 Å². The van der Waals surface area contributed by atoms with Crippen molar-refractivity contribution in [3.05, 3.63) is 28.5 Å². The molecule has 3 nitrogen and oxygen atoms in total. The lowest BCUT2D eigenvalue weighted by atomic mass is 10.0. The summed E-state index contributed by atoms with van der Waals surface area (Å²) in [5.41, 5.74) is -0.551. The molecule has 2 rings (SSSR count). The van der Waals surface area contributed by atoms with Gasteiger partial charge in [-0.2, -0.15) is 13.2 Å². The second-order valence-electron chi connectivity index (χ2n) is 4.56. The van der Waals surface area contributed by atoms with Crippen molar-refractivity contribution in [2.75, 3.05) is 26.2 Å². The van der Waals surface area contributed by atoms with E-state index in [9.17, 15) is 22.7 Å². The van der Waals surface area contributed by atoms with Crippen molar-refractivity contribution < 1.29 is 22.7 Å². The first-order chi connectivity index (χ1) is 9.30. The molecule has 1 saturated heterocycles. The number of aromatic hydroxyl groups is 1. The minimum atomic E-state index is -4.63. The summed E-state index contributed by atoms with van der Waals surface area (Å²) in [6.07, 6.45) is -4.63. The van der Waals surface area contributed by atoms with E-state index in [4.69, 9.17) is 11.6 Å². The second kappa shape index (κ2) is 5.75. The van der Waals surface area contributed by atoms with Gasteiger partial charge in [0.05, 0.1) is 5.02 Å². The smallest absolute Gasteiger partial charge is 0.408 e. The van der Waals surface area contributed by atoms with Crippen LogP contribution in [-0.2, 0) is 0 Å². The standard InChI is InChI=1S/C12H13ClF4N2O/c13-9-6-7(14)5-8(10(9)20)11(12(15,16)17)19-3-1-18-2-4-19/h5-6,11,18,20H,1-4H2/t11-/m0/s1. The number of nitrogens with zero attached hydrogens (tertiary/aromatic N) is 1. The lowest BCUT2D eigenvalue weighted by molar-refractivity contribution is -0.188. The number of rotatable bonds is 2. The molecule has 1 heterocycles. The van der Waals surface area contributed by atoms with Gasteiger partial charge in [0.2, 0.25) is 0 Å². The molecule has 0 spiro atoms. The molecule has 0 bridgehead atoms. The van der Waals surface area contributed by atoms with Crippen LogP contribution in [0.2, 0.25) is 5.02 Å². The van der Waals surface area contributed by atoms with Crippen LogP contribution in [-0.4, -0.2) is 42.4 Å². The van der Waals surface area contributed by atoms with E-state index < -0.39 is 34.4 Å². The van der Waals surface area contributed by atoms with Gasteiger partial charge in [0, 0.05) is 31.7 Å². The zero-order valence-corrected chi connectivity index (χ0v) is 11.1. The number of piperazine rings is 1. The molecule has 1 aromatic rings.